The van der Waals surface area contributed by atoms with Crippen LogP contribution in [0.3, 0.4) is 0 Å². The molecule has 0 unspecified atom stereocenters. The van der Waals surface area contributed by atoms with Gasteiger partial charge in [0.2, 0.25) is 0 Å². The van der Waals surface area contributed by atoms with Gasteiger partial charge in [-0.15, -0.1) is 15.3 Å². The van der Waals surface area contributed by atoms with Gasteiger partial charge < -0.3 is 4.90 Å². The Bertz CT molecular complexity index is 865. The first-order valence-electron chi connectivity index (χ1n) is 6.66. The normalized spacial score (nSPS) is 16.1. The van der Waals surface area contributed by atoms with E-state index < -0.39 is 12.0 Å². The van der Waals surface area contributed by atoms with Crippen molar-refractivity contribution >= 4 is 27.4 Å². The topological polar surface area (TPSA) is 64.1 Å². The fraction of sp³-hybridized carbons (Fsp3) is 0.333. The molecule has 11 heteroatoms. The molecule has 1 aliphatic heterocycles. The fourth-order valence-corrected chi connectivity index (χ4v) is 2.75. The van der Waals surface area contributed by atoms with Crippen molar-refractivity contribution in [1.82, 2.24) is 29.6 Å². The lowest BCUT2D eigenvalue weighted by atomic mass is 10.1. The highest BCUT2D eigenvalue weighted by molar-refractivity contribution is 9.10. The van der Waals surface area contributed by atoms with Crippen molar-refractivity contribution in [2.45, 2.75) is 12.2 Å². The summed E-state index contributed by atoms with van der Waals surface area (Å²) in [5.41, 5.74) is 0.0640. The minimum Gasteiger partial charge on any atom is -0.351 e. The maximum atomic E-state index is 12.9. The molecule has 0 spiro atoms. The Balaban J connectivity index is 1.59. The van der Waals surface area contributed by atoms with Gasteiger partial charge in [-0.2, -0.15) is 22.8 Å². The standard InChI is InChI=1S/C12H9BrF3N7/c13-7-3-17-22(4-7)8-5-21(6-8)10-2-1-9-18-19-11(12(14,15)16)23(9)20-10/h1-4,8H,5-6H2. The average molecular weight is 388 g/mol. The zero-order valence-corrected chi connectivity index (χ0v) is 13.0. The summed E-state index contributed by atoms with van der Waals surface area (Å²) < 4.78 is 42.0. The van der Waals surface area contributed by atoms with Gasteiger partial charge in [0.05, 0.1) is 16.7 Å². The monoisotopic (exact) mass is 387 g/mol. The number of anilines is 1. The number of hydrogen-bond donors (Lipinski definition) is 0. The van der Waals surface area contributed by atoms with Crippen molar-refractivity contribution in [1.29, 1.82) is 0 Å². The molecule has 0 amide bonds. The van der Waals surface area contributed by atoms with Gasteiger partial charge in [-0.1, -0.05) is 0 Å². The molecule has 4 heterocycles. The number of nitrogens with zero attached hydrogens (tertiary/aromatic N) is 7. The number of alkyl halides is 3. The Labute approximate surface area is 135 Å². The van der Waals surface area contributed by atoms with E-state index in [1.807, 2.05) is 15.8 Å². The van der Waals surface area contributed by atoms with Gasteiger partial charge in [0, 0.05) is 19.3 Å². The fourth-order valence-electron chi connectivity index (χ4n) is 2.45. The lowest BCUT2D eigenvalue weighted by Gasteiger charge is -2.39. The predicted molar refractivity (Wildman–Crippen MR) is 77.0 cm³/mol. The number of aromatic nitrogens is 6. The molecule has 0 radical (unpaired) electrons. The third kappa shape index (κ3) is 2.44. The van der Waals surface area contributed by atoms with Gasteiger partial charge in [-0.05, 0) is 28.1 Å². The lowest BCUT2D eigenvalue weighted by molar-refractivity contribution is -0.146. The van der Waals surface area contributed by atoms with Gasteiger partial charge in [0.1, 0.15) is 5.82 Å². The maximum Gasteiger partial charge on any atom is 0.453 e. The Kier molecular flexibility index (Phi) is 3.08. The van der Waals surface area contributed by atoms with Crippen molar-refractivity contribution in [3.8, 4) is 0 Å². The first-order valence-corrected chi connectivity index (χ1v) is 7.45. The summed E-state index contributed by atoms with van der Waals surface area (Å²) in [6.45, 7) is 1.24. The Morgan fingerprint density at radius 3 is 2.61 bits per heavy atom. The molecule has 0 saturated carbocycles. The van der Waals surface area contributed by atoms with Crippen LogP contribution in [0.15, 0.2) is 29.0 Å². The van der Waals surface area contributed by atoms with Crippen LogP contribution < -0.4 is 4.90 Å². The van der Waals surface area contributed by atoms with Crippen molar-refractivity contribution in [2.75, 3.05) is 18.0 Å². The number of halogens is 4. The third-order valence-electron chi connectivity index (χ3n) is 3.63. The zero-order valence-electron chi connectivity index (χ0n) is 11.4. The van der Waals surface area contributed by atoms with Gasteiger partial charge in [-0.25, -0.2) is 0 Å². The van der Waals surface area contributed by atoms with E-state index in [0.717, 1.165) is 8.99 Å². The minimum absolute atomic E-state index is 0.0640. The first kappa shape index (κ1) is 14.4. The summed E-state index contributed by atoms with van der Waals surface area (Å²) in [7, 11) is 0. The molecule has 23 heavy (non-hydrogen) atoms. The van der Waals surface area contributed by atoms with E-state index in [1.54, 1.807) is 12.3 Å². The Hall–Kier alpha value is -2.17. The highest BCUT2D eigenvalue weighted by Gasteiger charge is 2.38. The maximum absolute atomic E-state index is 12.9. The summed E-state index contributed by atoms with van der Waals surface area (Å²) in [6.07, 6.45) is -1.04. The summed E-state index contributed by atoms with van der Waals surface area (Å²) in [4.78, 5) is 1.87. The second-order valence-electron chi connectivity index (χ2n) is 5.18. The van der Waals surface area contributed by atoms with Crippen LogP contribution in [0.25, 0.3) is 5.65 Å². The number of hydrogen-bond acceptors (Lipinski definition) is 5. The highest BCUT2D eigenvalue weighted by atomic mass is 79.9. The molecule has 3 aromatic heterocycles. The molecule has 4 rings (SSSR count). The Morgan fingerprint density at radius 2 is 1.96 bits per heavy atom. The molecule has 1 aliphatic rings. The molecule has 0 N–H and O–H groups in total. The van der Waals surface area contributed by atoms with Crippen LogP contribution >= 0.6 is 15.9 Å². The van der Waals surface area contributed by atoms with Crippen LogP contribution in [-0.4, -0.2) is 42.7 Å². The van der Waals surface area contributed by atoms with Crippen LogP contribution in [0.1, 0.15) is 11.9 Å². The summed E-state index contributed by atoms with van der Waals surface area (Å²) >= 11 is 3.33. The molecule has 120 valence electrons. The van der Waals surface area contributed by atoms with Crippen LogP contribution in [0, 0.1) is 0 Å². The predicted octanol–water partition coefficient (Wildman–Crippen LogP) is 2.16. The van der Waals surface area contributed by atoms with E-state index in [2.05, 4.69) is 36.3 Å². The first-order chi connectivity index (χ1) is 10.9. The smallest absolute Gasteiger partial charge is 0.351 e. The highest BCUT2D eigenvalue weighted by Crippen LogP contribution is 2.30. The van der Waals surface area contributed by atoms with Crippen LogP contribution in [0.4, 0.5) is 19.0 Å². The molecule has 0 aromatic carbocycles. The summed E-state index contributed by atoms with van der Waals surface area (Å²) in [6, 6.07) is 3.28. The van der Waals surface area contributed by atoms with E-state index in [-0.39, 0.29) is 11.7 Å². The lowest BCUT2D eigenvalue weighted by Crippen LogP contribution is -2.48. The molecule has 3 aromatic rings. The van der Waals surface area contributed by atoms with Crippen molar-refractivity contribution in [2.24, 2.45) is 0 Å². The number of rotatable bonds is 2. The third-order valence-corrected chi connectivity index (χ3v) is 4.04. The number of fused-ring (bicyclic) bond motifs is 1. The zero-order chi connectivity index (χ0) is 16.2. The van der Waals surface area contributed by atoms with E-state index in [1.165, 1.54) is 6.07 Å². The van der Waals surface area contributed by atoms with Gasteiger partial charge >= 0.3 is 6.18 Å². The van der Waals surface area contributed by atoms with Crippen molar-refractivity contribution < 1.29 is 13.2 Å². The SMILES string of the molecule is FC(F)(F)c1nnc2ccc(N3CC(n4cc(Br)cn4)C3)nn12. The van der Waals surface area contributed by atoms with E-state index >= 15 is 0 Å². The summed E-state index contributed by atoms with van der Waals surface area (Å²) in [5.74, 6) is -0.673. The summed E-state index contributed by atoms with van der Waals surface area (Å²) in [5, 5.41) is 14.9. The molecule has 0 bridgehead atoms. The van der Waals surface area contributed by atoms with E-state index in [0.29, 0.717) is 18.9 Å². The Morgan fingerprint density at radius 1 is 1.17 bits per heavy atom. The molecule has 7 nitrogen and oxygen atoms in total. The minimum atomic E-state index is -4.59. The van der Waals surface area contributed by atoms with Gasteiger partial charge in [0.15, 0.2) is 5.65 Å². The largest absolute Gasteiger partial charge is 0.453 e. The van der Waals surface area contributed by atoms with Crippen LogP contribution in [0.2, 0.25) is 0 Å². The molecule has 0 aliphatic carbocycles. The van der Waals surface area contributed by atoms with Crippen LogP contribution in [-0.2, 0) is 6.18 Å². The molecule has 0 atom stereocenters. The van der Waals surface area contributed by atoms with Crippen molar-refractivity contribution in [3.63, 3.8) is 0 Å². The van der Waals surface area contributed by atoms with Crippen LogP contribution in [0.5, 0.6) is 0 Å². The van der Waals surface area contributed by atoms with Gasteiger partial charge in [0.25, 0.3) is 5.82 Å². The molecule has 1 fully saturated rings. The second-order valence-corrected chi connectivity index (χ2v) is 6.10. The molecular weight excluding hydrogens is 379 g/mol. The van der Waals surface area contributed by atoms with Crippen molar-refractivity contribution in [3.05, 3.63) is 34.8 Å². The van der Waals surface area contributed by atoms with Gasteiger partial charge in [-0.3, -0.25) is 4.68 Å². The van der Waals surface area contributed by atoms with E-state index in [9.17, 15) is 13.2 Å². The average Bonchev–Trinajstić information content (AvgIpc) is 3.02. The molecular formula is C12H9BrF3N7. The second kappa shape index (κ2) is 4.91. The quantitative estimate of drug-likeness (QED) is 0.674. The van der Waals surface area contributed by atoms with E-state index in [4.69, 9.17) is 0 Å². The molecule has 1 saturated heterocycles.